The maximum atomic E-state index is 11.9. The standard InChI is InChI=1S/C20H22N2O5/c1-3-14-4-6-16(7-5-14)27-13-19(23)22-21-12-15-10-17(24-2)20-18(11-15)25-8-9-26-20/h4-7,10-12H,3,8-9,13H2,1-2H3,(H,22,23)/b21-12-. The highest BCUT2D eigenvalue weighted by Gasteiger charge is 2.17. The van der Waals surface area contributed by atoms with E-state index in [1.807, 2.05) is 24.3 Å². The Kier molecular flexibility index (Phi) is 6.14. The Hall–Kier alpha value is -3.22. The van der Waals surface area contributed by atoms with E-state index in [-0.39, 0.29) is 12.5 Å². The second kappa shape index (κ2) is 8.93. The van der Waals surface area contributed by atoms with Crippen molar-refractivity contribution in [3.05, 3.63) is 47.5 Å². The number of nitrogens with one attached hydrogen (secondary N) is 1. The molecule has 7 heteroatoms. The number of methoxy groups -OCH3 is 1. The lowest BCUT2D eigenvalue weighted by Gasteiger charge is -2.20. The van der Waals surface area contributed by atoms with E-state index < -0.39 is 0 Å². The fourth-order valence-electron chi connectivity index (χ4n) is 2.55. The van der Waals surface area contributed by atoms with Crippen LogP contribution in [0.4, 0.5) is 0 Å². The number of carbonyl (C=O) groups is 1. The second-order valence-corrected chi connectivity index (χ2v) is 5.83. The zero-order valence-electron chi connectivity index (χ0n) is 15.4. The minimum atomic E-state index is -0.352. The van der Waals surface area contributed by atoms with E-state index in [1.54, 1.807) is 19.2 Å². The fourth-order valence-corrected chi connectivity index (χ4v) is 2.55. The van der Waals surface area contributed by atoms with Crippen LogP contribution >= 0.6 is 0 Å². The van der Waals surface area contributed by atoms with Gasteiger partial charge in [0.25, 0.3) is 5.91 Å². The molecular weight excluding hydrogens is 348 g/mol. The Bertz CT molecular complexity index is 801. The van der Waals surface area contributed by atoms with E-state index in [9.17, 15) is 4.79 Å². The molecule has 7 nitrogen and oxygen atoms in total. The number of rotatable bonds is 7. The van der Waals surface area contributed by atoms with Crippen LogP contribution in [0.3, 0.4) is 0 Å². The van der Waals surface area contributed by atoms with Gasteiger partial charge in [-0.2, -0.15) is 5.10 Å². The molecule has 1 N–H and O–H groups in total. The highest BCUT2D eigenvalue weighted by atomic mass is 16.6. The maximum Gasteiger partial charge on any atom is 0.277 e. The van der Waals surface area contributed by atoms with Crippen LogP contribution in [0, 0.1) is 0 Å². The van der Waals surface area contributed by atoms with Gasteiger partial charge in [-0.1, -0.05) is 19.1 Å². The van der Waals surface area contributed by atoms with Crippen LogP contribution in [0.25, 0.3) is 0 Å². The van der Waals surface area contributed by atoms with Crippen LogP contribution in [0.15, 0.2) is 41.5 Å². The molecule has 0 aliphatic carbocycles. The number of benzene rings is 2. The molecule has 1 aliphatic heterocycles. The number of aryl methyl sites for hydroxylation is 1. The predicted octanol–water partition coefficient (Wildman–Crippen LogP) is 2.56. The Morgan fingerprint density at radius 1 is 1.22 bits per heavy atom. The van der Waals surface area contributed by atoms with Gasteiger partial charge >= 0.3 is 0 Å². The average molecular weight is 370 g/mol. The van der Waals surface area contributed by atoms with Crippen molar-refractivity contribution >= 4 is 12.1 Å². The summed E-state index contributed by atoms with van der Waals surface area (Å²) in [5.41, 5.74) is 4.36. The molecule has 0 aromatic heterocycles. The van der Waals surface area contributed by atoms with E-state index in [1.165, 1.54) is 11.8 Å². The van der Waals surface area contributed by atoms with Crippen molar-refractivity contribution in [3.8, 4) is 23.0 Å². The van der Waals surface area contributed by atoms with Crippen LogP contribution in [0.2, 0.25) is 0 Å². The molecule has 0 saturated carbocycles. The van der Waals surface area contributed by atoms with Crippen molar-refractivity contribution in [2.75, 3.05) is 26.9 Å². The summed E-state index contributed by atoms with van der Waals surface area (Å²) in [6, 6.07) is 11.2. The third-order valence-electron chi connectivity index (χ3n) is 3.95. The Morgan fingerprint density at radius 2 is 2.00 bits per heavy atom. The van der Waals surface area contributed by atoms with Crippen molar-refractivity contribution in [3.63, 3.8) is 0 Å². The third-order valence-corrected chi connectivity index (χ3v) is 3.95. The van der Waals surface area contributed by atoms with E-state index in [4.69, 9.17) is 18.9 Å². The largest absolute Gasteiger partial charge is 0.493 e. The average Bonchev–Trinajstić information content (AvgIpc) is 2.72. The second-order valence-electron chi connectivity index (χ2n) is 5.83. The molecule has 2 aromatic rings. The van der Waals surface area contributed by atoms with Gasteiger partial charge in [-0.15, -0.1) is 0 Å². The topological polar surface area (TPSA) is 78.4 Å². The molecule has 3 rings (SSSR count). The quantitative estimate of drug-likeness (QED) is 0.599. The number of hydrazone groups is 1. The molecular formula is C20H22N2O5. The summed E-state index contributed by atoms with van der Waals surface area (Å²) in [7, 11) is 1.56. The third kappa shape index (κ3) is 4.91. The number of hydrogen-bond donors (Lipinski definition) is 1. The first-order valence-corrected chi connectivity index (χ1v) is 8.71. The molecule has 1 heterocycles. The summed E-state index contributed by atoms with van der Waals surface area (Å²) in [5.74, 6) is 2.01. The molecule has 2 aromatic carbocycles. The summed E-state index contributed by atoms with van der Waals surface area (Å²) in [6.07, 6.45) is 2.47. The van der Waals surface area contributed by atoms with Gasteiger partial charge in [0, 0.05) is 5.56 Å². The van der Waals surface area contributed by atoms with E-state index in [2.05, 4.69) is 17.5 Å². The van der Waals surface area contributed by atoms with E-state index in [0.717, 1.165) is 6.42 Å². The van der Waals surface area contributed by atoms with Crippen LogP contribution < -0.4 is 24.4 Å². The fraction of sp³-hybridized carbons (Fsp3) is 0.300. The number of nitrogens with zero attached hydrogens (tertiary/aromatic N) is 1. The zero-order valence-corrected chi connectivity index (χ0v) is 15.4. The molecule has 0 unspecified atom stereocenters. The van der Waals surface area contributed by atoms with Crippen molar-refractivity contribution in [2.24, 2.45) is 5.10 Å². The van der Waals surface area contributed by atoms with Crippen LogP contribution in [0.1, 0.15) is 18.1 Å². The monoisotopic (exact) mass is 370 g/mol. The number of fused-ring (bicyclic) bond motifs is 1. The van der Waals surface area contributed by atoms with Gasteiger partial charge in [0.05, 0.1) is 13.3 Å². The minimum absolute atomic E-state index is 0.118. The van der Waals surface area contributed by atoms with Gasteiger partial charge in [-0.25, -0.2) is 5.43 Å². The van der Waals surface area contributed by atoms with Crippen molar-refractivity contribution in [2.45, 2.75) is 13.3 Å². The van der Waals surface area contributed by atoms with Crippen LogP contribution in [-0.4, -0.2) is 39.1 Å². The number of ether oxygens (including phenoxy) is 4. The molecule has 0 bridgehead atoms. The zero-order chi connectivity index (χ0) is 19.1. The molecule has 27 heavy (non-hydrogen) atoms. The van der Waals surface area contributed by atoms with Crippen molar-refractivity contribution < 1.29 is 23.7 Å². The van der Waals surface area contributed by atoms with Crippen molar-refractivity contribution in [1.29, 1.82) is 0 Å². The summed E-state index contributed by atoms with van der Waals surface area (Å²) in [6.45, 7) is 2.92. The summed E-state index contributed by atoms with van der Waals surface area (Å²) >= 11 is 0. The predicted molar refractivity (Wildman–Crippen MR) is 101 cm³/mol. The first kappa shape index (κ1) is 18.6. The van der Waals surface area contributed by atoms with E-state index >= 15 is 0 Å². The molecule has 0 radical (unpaired) electrons. The van der Waals surface area contributed by atoms with Gasteiger partial charge in [0.2, 0.25) is 5.75 Å². The van der Waals surface area contributed by atoms with Gasteiger partial charge < -0.3 is 18.9 Å². The van der Waals surface area contributed by atoms with Gasteiger partial charge in [-0.3, -0.25) is 4.79 Å². The molecule has 0 fully saturated rings. The maximum absolute atomic E-state index is 11.9. The number of amides is 1. The molecule has 0 saturated heterocycles. The van der Waals surface area contributed by atoms with E-state index in [0.29, 0.717) is 41.8 Å². The Balaban J connectivity index is 1.54. The SMILES string of the molecule is CCc1ccc(OCC(=O)N/N=C\c2cc(OC)c3c(c2)OCCO3)cc1. The lowest BCUT2D eigenvalue weighted by atomic mass is 10.2. The molecule has 1 aliphatic rings. The molecule has 0 spiro atoms. The lowest BCUT2D eigenvalue weighted by molar-refractivity contribution is -0.123. The Morgan fingerprint density at radius 3 is 2.74 bits per heavy atom. The molecule has 142 valence electrons. The van der Waals surface area contributed by atoms with Gasteiger partial charge in [-0.05, 0) is 36.2 Å². The molecule has 1 amide bonds. The van der Waals surface area contributed by atoms with Crippen LogP contribution in [-0.2, 0) is 11.2 Å². The highest BCUT2D eigenvalue weighted by molar-refractivity contribution is 5.84. The van der Waals surface area contributed by atoms with Gasteiger partial charge in [0.15, 0.2) is 18.1 Å². The summed E-state index contributed by atoms with van der Waals surface area (Å²) in [4.78, 5) is 11.9. The molecule has 0 atom stereocenters. The summed E-state index contributed by atoms with van der Waals surface area (Å²) < 4.78 is 21.9. The Labute approximate surface area is 157 Å². The number of hydrogen-bond acceptors (Lipinski definition) is 6. The van der Waals surface area contributed by atoms with Gasteiger partial charge in [0.1, 0.15) is 19.0 Å². The minimum Gasteiger partial charge on any atom is -0.493 e. The normalized spacial score (nSPS) is 12.7. The lowest BCUT2D eigenvalue weighted by Crippen LogP contribution is -2.24. The highest BCUT2D eigenvalue weighted by Crippen LogP contribution is 2.39. The first-order chi connectivity index (χ1) is 13.2. The number of carbonyl (C=O) groups excluding carboxylic acids is 1. The van der Waals surface area contributed by atoms with Crippen LogP contribution in [0.5, 0.6) is 23.0 Å². The summed E-state index contributed by atoms with van der Waals surface area (Å²) in [5, 5.41) is 3.95. The first-order valence-electron chi connectivity index (χ1n) is 8.71. The smallest absolute Gasteiger partial charge is 0.277 e. The van der Waals surface area contributed by atoms with Crippen molar-refractivity contribution in [1.82, 2.24) is 5.43 Å².